The lowest BCUT2D eigenvalue weighted by molar-refractivity contribution is 0.205. The molecule has 5 rings (SSSR count). The number of aromatic nitrogens is 1. The first-order valence-corrected chi connectivity index (χ1v) is 10.9. The van der Waals surface area contributed by atoms with Crippen molar-refractivity contribution in [3.8, 4) is 5.75 Å². The van der Waals surface area contributed by atoms with Gasteiger partial charge in [0, 0.05) is 35.1 Å². The van der Waals surface area contributed by atoms with Crippen molar-refractivity contribution in [1.29, 1.82) is 0 Å². The number of rotatable bonds is 4. The minimum Gasteiger partial charge on any atom is -0.497 e. The predicted molar refractivity (Wildman–Crippen MR) is 124 cm³/mol. The van der Waals surface area contributed by atoms with Crippen molar-refractivity contribution in [2.24, 2.45) is 0 Å². The molecule has 31 heavy (non-hydrogen) atoms. The van der Waals surface area contributed by atoms with Crippen LogP contribution in [0.3, 0.4) is 0 Å². The van der Waals surface area contributed by atoms with Crippen molar-refractivity contribution in [3.05, 3.63) is 75.3 Å². The Labute approximate surface area is 181 Å². The Kier molecular flexibility index (Phi) is 5.06. The fourth-order valence-electron chi connectivity index (χ4n) is 4.84. The highest BCUT2D eigenvalue weighted by Crippen LogP contribution is 2.35. The molecule has 5 nitrogen and oxygen atoms in total. The van der Waals surface area contributed by atoms with Crippen LogP contribution >= 0.6 is 0 Å². The summed E-state index contributed by atoms with van der Waals surface area (Å²) in [6.07, 6.45) is 4.36. The first kappa shape index (κ1) is 19.9. The van der Waals surface area contributed by atoms with Crippen LogP contribution in [0, 0.1) is 13.8 Å². The topological polar surface area (TPSA) is 58.5 Å². The molecular formula is C26H28N2O3. The number of nitrogens with zero attached hydrogens (tertiary/aromatic N) is 1. The van der Waals surface area contributed by atoms with Gasteiger partial charge in [0.2, 0.25) is 0 Å². The number of H-pyrrole nitrogens is 1. The van der Waals surface area contributed by atoms with Gasteiger partial charge in [0.05, 0.1) is 7.11 Å². The van der Waals surface area contributed by atoms with Crippen LogP contribution in [-0.4, -0.2) is 30.1 Å². The maximum Gasteiger partial charge on any atom is 0.336 e. The number of likely N-dealkylation sites (tertiary alicyclic amines) is 1. The Balaban J connectivity index is 1.35. The lowest BCUT2D eigenvalue weighted by Crippen LogP contribution is -2.32. The van der Waals surface area contributed by atoms with Crippen molar-refractivity contribution in [2.45, 2.75) is 39.2 Å². The summed E-state index contributed by atoms with van der Waals surface area (Å²) >= 11 is 0. The molecule has 1 fully saturated rings. The van der Waals surface area contributed by atoms with Gasteiger partial charge in [-0.05, 0) is 98.3 Å². The van der Waals surface area contributed by atoms with Gasteiger partial charge < -0.3 is 14.1 Å². The van der Waals surface area contributed by atoms with Crippen molar-refractivity contribution in [3.63, 3.8) is 0 Å². The van der Waals surface area contributed by atoms with Crippen LogP contribution in [0.25, 0.3) is 21.9 Å². The normalized spacial score (nSPS) is 15.7. The summed E-state index contributed by atoms with van der Waals surface area (Å²) in [5.74, 6) is 1.42. The van der Waals surface area contributed by atoms with Gasteiger partial charge in [0.25, 0.3) is 0 Å². The summed E-state index contributed by atoms with van der Waals surface area (Å²) in [6, 6.07) is 12.0. The molecule has 0 amide bonds. The number of methoxy groups -OCH3 is 1. The molecule has 2 aromatic carbocycles. The van der Waals surface area contributed by atoms with Crippen LogP contribution in [0.5, 0.6) is 5.75 Å². The molecule has 3 heterocycles. The highest BCUT2D eigenvalue weighted by Gasteiger charge is 2.24. The SMILES string of the molecule is COc1ccc2[nH]cc(C3CCN(Cc4cc(=O)oc5cc(C)c(C)cc45)CC3)c2c1. The number of fused-ring (bicyclic) bond motifs is 2. The molecule has 1 aliphatic rings. The van der Waals surface area contributed by atoms with Gasteiger partial charge >= 0.3 is 5.63 Å². The Morgan fingerprint density at radius 2 is 1.84 bits per heavy atom. The zero-order valence-corrected chi connectivity index (χ0v) is 18.3. The van der Waals surface area contributed by atoms with Crippen LogP contribution in [-0.2, 0) is 6.54 Å². The number of piperidine rings is 1. The number of benzene rings is 2. The Morgan fingerprint density at radius 3 is 2.61 bits per heavy atom. The predicted octanol–water partition coefficient (Wildman–Crippen LogP) is 5.28. The van der Waals surface area contributed by atoms with Gasteiger partial charge in [-0.3, -0.25) is 4.90 Å². The second-order valence-electron chi connectivity index (χ2n) is 8.73. The number of hydrogen-bond acceptors (Lipinski definition) is 4. The molecule has 0 bridgehead atoms. The Hall–Kier alpha value is -3.05. The number of aryl methyl sites for hydroxylation is 2. The number of aromatic amines is 1. The van der Waals surface area contributed by atoms with E-state index in [9.17, 15) is 4.79 Å². The first-order valence-electron chi connectivity index (χ1n) is 10.9. The van der Waals surface area contributed by atoms with Gasteiger partial charge in [0.15, 0.2) is 0 Å². The van der Waals surface area contributed by atoms with Gasteiger partial charge in [-0.1, -0.05) is 0 Å². The number of hydrogen-bond donors (Lipinski definition) is 1. The average molecular weight is 417 g/mol. The molecule has 160 valence electrons. The third-order valence-electron chi connectivity index (χ3n) is 6.79. The maximum atomic E-state index is 12.1. The van der Waals surface area contributed by atoms with E-state index in [4.69, 9.17) is 9.15 Å². The minimum atomic E-state index is -0.270. The molecule has 0 spiro atoms. The Morgan fingerprint density at radius 1 is 1.06 bits per heavy atom. The van der Waals surface area contributed by atoms with Crippen LogP contribution < -0.4 is 10.4 Å². The van der Waals surface area contributed by atoms with Crippen molar-refractivity contribution in [2.75, 3.05) is 20.2 Å². The van der Waals surface area contributed by atoms with E-state index in [1.54, 1.807) is 13.2 Å². The summed E-state index contributed by atoms with van der Waals surface area (Å²) < 4.78 is 10.9. The summed E-state index contributed by atoms with van der Waals surface area (Å²) in [5.41, 5.74) is 6.38. The first-order chi connectivity index (χ1) is 15.0. The average Bonchev–Trinajstić information content (AvgIpc) is 3.19. The van der Waals surface area contributed by atoms with Crippen molar-refractivity contribution < 1.29 is 9.15 Å². The third-order valence-corrected chi connectivity index (χ3v) is 6.79. The lowest BCUT2D eigenvalue weighted by Gasteiger charge is -2.32. The molecular weight excluding hydrogens is 388 g/mol. The van der Waals surface area contributed by atoms with Crippen LogP contribution in [0.4, 0.5) is 0 Å². The fraction of sp³-hybridized carbons (Fsp3) is 0.346. The maximum absolute atomic E-state index is 12.1. The van der Waals surface area contributed by atoms with Crippen LogP contribution in [0.1, 0.15) is 41.0 Å². The Bertz CT molecular complexity index is 1310. The molecule has 4 aromatic rings. The molecule has 0 saturated carbocycles. The van der Waals surface area contributed by atoms with E-state index >= 15 is 0 Å². The van der Waals surface area contributed by atoms with Gasteiger partial charge in [0.1, 0.15) is 11.3 Å². The van der Waals surface area contributed by atoms with Gasteiger partial charge in [-0.15, -0.1) is 0 Å². The molecule has 0 unspecified atom stereocenters. The van der Waals surface area contributed by atoms with E-state index in [0.717, 1.165) is 60.3 Å². The second-order valence-corrected chi connectivity index (χ2v) is 8.73. The van der Waals surface area contributed by atoms with E-state index in [1.807, 2.05) is 19.1 Å². The molecule has 1 saturated heterocycles. The van der Waals surface area contributed by atoms with E-state index in [-0.39, 0.29) is 5.63 Å². The minimum absolute atomic E-state index is 0.270. The highest BCUT2D eigenvalue weighted by molar-refractivity contribution is 5.85. The molecule has 1 aliphatic heterocycles. The summed E-state index contributed by atoms with van der Waals surface area (Å²) in [4.78, 5) is 18.0. The summed E-state index contributed by atoms with van der Waals surface area (Å²) in [7, 11) is 1.71. The zero-order valence-electron chi connectivity index (χ0n) is 18.3. The van der Waals surface area contributed by atoms with E-state index in [1.165, 1.54) is 16.5 Å². The quantitative estimate of drug-likeness (QED) is 0.460. The highest BCUT2D eigenvalue weighted by atomic mass is 16.5. The third kappa shape index (κ3) is 3.74. The summed E-state index contributed by atoms with van der Waals surface area (Å²) in [5, 5.41) is 2.31. The second kappa shape index (κ2) is 7.89. The van der Waals surface area contributed by atoms with Crippen molar-refractivity contribution >= 4 is 21.9 Å². The van der Waals surface area contributed by atoms with E-state index in [2.05, 4.69) is 41.2 Å². The lowest BCUT2D eigenvalue weighted by atomic mass is 9.89. The molecule has 0 atom stereocenters. The molecule has 1 N–H and O–H groups in total. The van der Waals surface area contributed by atoms with Crippen LogP contribution in [0.15, 0.2) is 51.8 Å². The largest absolute Gasteiger partial charge is 0.497 e. The van der Waals surface area contributed by atoms with Gasteiger partial charge in [-0.2, -0.15) is 0 Å². The fourth-order valence-corrected chi connectivity index (χ4v) is 4.84. The van der Waals surface area contributed by atoms with Gasteiger partial charge in [-0.25, -0.2) is 4.79 Å². The smallest absolute Gasteiger partial charge is 0.336 e. The molecule has 0 aliphatic carbocycles. The number of ether oxygens (including phenoxy) is 1. The van der Waals surface area contributed by atoms with E-state index < -0.39 is 0 Å². The molecule has 0 radical (unpaired) electrons. The standard InChI is InChI=1S/C26H28N2O3/c1-16-10-21-19(12-26(29)31-25(21)11-17(16)2)15-28-8-6-18(7-9-28)23-14-27-24-5-4-20(30-3)13-22(23)24/h4-5,10-14,18,27H,6-9,15H2,1-3H3. The molecule has 5 heteroatoms. The monoisotopic (exact) mass is 416 g/mol. The zero-order chi connectivity index (χ0) is 21.5. The van der Waals surface area contributed by atoms with E-state index in [0.29, 0.717) is 11.5 Å². The molecule has 2 aromatic heterocycles. The van der Waals surface area contributed by atoms with Crippen LogP contribution in [0.2, 0.25) is 0 Å². The summed E-state index contributed by atoms with van der Waals surface area (Å²) in [6.45, 7) is 6.94. The number of nitrogens with one attached hydrogen (secondary N) is 1. The van der Waals surface area contributed by atoms with Crippen molar-refractivity contribution in [1.82, 2.24) is 9.88 Å².